The number of rotatable bonds is 4. The molecule has 1 aromatic rings. The molecule has 2 N–H and O–H groups in total. The molecule has 4 aliphatic carbocycles. The summed E-state index contributed by atoms with van der Waals surface area (Å²) in [5.41, 5.74) is 1.30. The summed E-state index contributed by atoms with van der Waals surface area (Å²) in [6.07, 6.45) is 6.93. The SMILES string of the molecule is O=C(CN1CCC(O)CC1)NC12CC3CC1CC(c1ccc(F)cc1)(C3)C2. The molecule has 1 aromatic carbocycles. The number of aliphatic hydroxyl groups excluding tert-OH is 1. The second-order valence-electron chi connectivity index (χ2n) is 9.59. The van der Waals surface area contributed by atoms with E-state index in [-0.39, 0.29) is 28.8 Å². The number of nitrogens with one attached hydrogen (secondary N) is 1. The highest BCUT2D eigenvalue weighted by molar-refractivity contribution is 5.79. The molecule has 146 valence electrons. The van der Waals surface area contributed by atoms with Gasteiger partial charge in [-0.25, -0.2) is 4.39 Å². The van der Waals surface area contributed by atoms with Crippen LogP contribution >= 0.6 is 0 Å². The minimum Gasteiger partial charge on any atom is -0.393 e. The molecule has 4 nitrogen and oxygen atoms in total. The number of hydrogen-bond acceptors (Lipinski definition) is 3. The van der Waals surface area contributed by atoms with Crippen LogP contribution in [0.1, 0.15) is 50.5 Å². The molecule has 4 bridgehead atoms. The lowest BCUT2D eigenvalue weighted by Gasteiger charge is -2.42. The molecule has 27 heavy (non-hydrogen) atoms. The van der Waals surface area contributed by atoms with E-state index in [4.69, 9.17) is 0 Å². The Morgan fingerprint density at radius 3 is 2.67 bits per heavy atom. The van der Waals surface area contributed by atoms with Gasteiger partial charge in [0.05, 0.1) is 12.6 Å². The maximum absolute atomic E-state index is 13.4. The number of nitrogens with zero attached hydrogens (tertiary/aromatic N) is 1. The number of aliphatic hydroxyl groups is 1. The predicted molar refractivity (Wildman–Crippen MR) is 101 cm³/mol. The van der Waals surface area contributed by atoms with Gasteiger partial charge in [-0.1, -0.05) is 12.1 Å². The summed E-state index contributed by atoms with van der Waals surface area (Å²) in [6.45, 7) is 2.04. The predicted octanol–water partition coefficient (Wildman–Crippen LogP) is 2.60. The van der Waals surface area contributed by atoms with Gasteiger partial charge in [0.2, 0.25) is 5.91 Å². The van der Waals surface area contributed by atoms with Gasteiger partial charge in [0.25, 0.3) is 0 Å². The first-order chi connectivity index (χ1) is 13.0. The van der Waals surface area contributed by atoms with Gasteiger partial charge in [0.15, 0.2) is 0 Å². The summed E-state index contributed by atoms with van der Waals surface area (Å²) >= 11 is 0. The van der Waals surface area contributed by atoms with E-state index in [0.717, 1.165) is 45.2 Å². The highest BCUT2D eigenvalue weighted by Crippen LogP contribution is 2.66. The highest BCUT2D eigenvalue weighted by atomic mass is 19.1. The van der Waals surface area contributed by atoms with Gasteiger partial charge in [0, 0.05) is 18.6 Å². The Bertz CT molecular complexity index is 730. The largest absolute Gasteiger partial charge is 0.393 e. The topological polar surface area (TPSA) is 52.6 Å². The fourth-order valence-corrected chi connectivity index (χ4v) is 6.84. The zero-order valence-corrected chi connectivity index (χ0v) is 15.8. The van der Waals surface area contributed by atoms with E-state index in [1.54, 1.807) is 12.1 Å². The fourth-order valence-electron chi connectivity index (χ4n) is 6.84. The van der Waals surface area contributed by atoms with Crippen molar-refractivity contribution in [1.29, 1.82) is 0 Å². The molecular formula is C22H29FN2O2. The Balaban J connectivity index is 1.30. The highest BCUT2D eigenvalue weighted by Gasteiger charge is 2.64. The van der Waals surface area contributed by atoms with Crippen molar-refractivity contribution in [3.05, 3.63) is 35.6 Å². The van der Waals surface area contributed by atoms with Crippen LogP contribution in [0.25, 0.3) is 0 Å². The Labute approximate surface area is 160 Å². The van der Waals surface area contributed by atoms with E-state index in [0.29, 0.717) is 18.4 Å². The van der Waals surface area contributed by atoms with Crippen LogP contribution in [0.5, 0.6) is 0 Å². The van der Waals surface area contributed by atoms with Gasteiger partial charge in [-0.05, 0) is 79.9 Å². The summed E-state index contributed by atoms with van der Waals surface area (Å²) in [5, 5.41) is 13.1. The molecular weight excluding hydrogens is 343 g/mol. The molecule has 0 aromatic heterocycles. The van der Waals surface area contributed by atoms with E-state index < -0.39 is 0 Å². The summed E-state index contributed by atoms with van der Waals surface area (Å²) in [5.74, 6) is 1.18. The average molecular weight is 372 g/mol. The number of halogens is 1. The van der Waals surface area contributed by atoms with Crippen molar-refractivity contribution >= 4 is 5.91 Å². The van der Waals surface area contributed by atoms with Crippen LogP contribution in [0.3, 0.4) is 0 Å². The average Bonchev–Trinajstić information content (AvgIpc) is 2.99. The third-order valence-corrected chi connectivity index (χ3v) is 7.79. The third kappa shape index (κ3) is 2.99. The molecule has 4 saturated carbocycles. The van der Waals surface area contributed by atoms with Crippen LogP contribution in [0.4, 0.5) is 4.39 Å². The number of likely N-dealkylation sites (tertiary alicyclic amines) is 1. The zero-order valence-electron chi connectivity index (χ0n) is 15.8. The fraction of sp³-hybridized carbons (Fsp3) is 0.682. The smallest absolute Gasteiger partial charge is 0.234 e. The second-order valence-corrected chi connectivity index (χ2v) is 9.59. The lowest BCUT2D eigenvalue weighted by Crippen LogP contribution is -2.54. The van der Waals surface area contributed by atoms with E-state index in [2.05, 4.69) is 10.2 Å². The van der Waals surface area contributed by atoms with Gasteiger partial charge < -0.3 is 10.4 Å². The lowest BCUT2D eigenvalue weighted by atomic mass is 9.65. The van der Waals surface area contributed by atoms with Gasteiger partial charge in [-0.15, -0.1) is 0 Å². The Kier molecular flexibility index (Phi) is 4.10. The lowest BCUT2D eigenvalue weighted by molar-refractivity contribution is -0.125. The van der Waals surface area contributed by atoms with Gasteiger partial charge in [-0.2, -0.15) is 0 Å². The summed E-state index contributed by atoms with van der Waals surface area (Å²) in [4.78, 5) is 15.0. The summed E-state index contributed by atoms with van der Waals surface area (Å²) in [7, 11) is 0. The molecule has 0 radical (unpaired) electrons. The van der Waals surface area contributed by atoms with Crippen LogP contribution in [-0.2, 0) is 10.2 Å². The van der Waals surface area contributed by atoms with Crippen LogP contribution in [-0.4, -0.2) is 47.2 Å². The molecule has 5 fully saturated rings. The Morgan fingerprint density at radius 1 is 1.19 bits per heavy atom. The Hall–Kier alpha value is -1.46. The molecule has 1 heterocycles. The molecule has 5 heteroatoms. The van der Waals surface area contributed by atoms with E-state index in [9.17, 15) is 14.3 Å². The second kappa shape index (κ2) is 6.28. The number of carbonyl (C=O) groups excluding carboxylic acids is 1. The number of benzene rings is 1. The first kappa shape index (κ1) is 17.6. The number of amides is 1. The van der Waals surface area contributed by atoms with E-state index >= 15 is 0 Å². The van der Waals surface area contributed by atoms with Crippen molar-refractivity contribution in [3.8, 4) is 0 Å². The van der Waals surface area contributed by atoms with Crippen LogP contribution in [0, 0.1) is 17.7 Å². The van der Waals surface area contributed by atoms with Crippen LogP contribution < -0.4 is 5.32 Å². The quantitative estimate of drug-likeness (QED) is 0.854. The van der Waals surface area contributed by atoms with E-state index in [1.807, 2.05) is 12.1 Å². The molecule has 4 unspecified atom stereocenters. The Morgan fingerprint density at radius 2 is 1.93 bits per heavy atom. The summed E-state index contributed by atoms with van der Waals surface area (Å²) in [6, 6.07) is 7.06. The normalized spacial score (nSPS) is 38.4. The maximum Gasteiger partial charge on any atom is 0.234 e. The number of carbonyl (C=O) groups is 1. The van der Waals surface area contributed by atoms with Gasteiger partial charge in [-0.3, -0.25) is 9.69 Å². The zero-order chi connectivity index (χ0) is 18.6. The molecule has 5 aliphatic rings. The van der Waals surface area contributed by atoms with Crippen molar-refractivity contribution in [3.63, 3.8) is 0 Å². The van der Waals surface area contributed by atoms with Crippen LogP contribution in [0.15, 0.2) is 24.3 Å². The molecule has 1 saturated heterocycles. The van der Waals surface area contributed by atoms with Crippen molar-refractivity contribution in [2.75, 3.05) is 19.6 Å². The molecule has 1 aliphatic heterocycles. The third-order valence-electron chi connectivity index (χ3n) is 7.79. The molecule has 1 amide bonds. The molecule has 4 atom stereocenters. The molecule has 6 rings (SSSR count). The van der Waals surface area contributed by atoms with Crippen LogP contribution in [0.2, 0.25) is 0 Å². The summed E-state index contributed by atoms with van der Waals surface area (Å²) < 4.78 is 13.4. The number of hydrogen-bond donors (Lipinski definition) is 2. The molecule has 0 spiro atoms. The minimum atomic E-state index is -0.209. The van der Waals surface area contributed by atoms with Crippen molar-refractivity contribution in [2.24, 2.45) is 11.8 Å². The minimum absolute atomic E-state index is 0.0658. The van der Waals surface area contributed by atoms with Gasteiger partial charge in [0.1, 0.15) is 5.82 Å². The maximum atomic E-state index is 13.4. The standard InChI is InChI=1S/C22H29FN2O2/c23-18-3-1-16(2-4-18)21-10-15-9-17(12-21)22(11-15,14-21)24-20(27)13-25-7-5-19(26)6-8-25/h1-4,15,17,19,26H,5-14H2,(H,24,27). The monoisotopic (exact) mass is 372 g/mol. The number of piperidine rings is 1. The van der Waals surface area contributed by atoms with Gasteiger partial charge >= 0.3 is 0 Å². The van der Waals surface area contributed by atoms with Crippen molar-refractivity contribution < 1.29 is 14.3 Å². The van der Waals surface area contributed by atoms with Crippen molar-refractivity contribution in [1.82, 2.24) is 10.2 Å². The first-order valence-corrected chi connectivity index (χ1v) is 10.4. The first-order valence-electron chi connectivity index (χ1n) is 10.4. The van der Waals surface area contributed by atoms with E-state index in [1.165, 1.54) is 18.4 Å². The van der Waals surface area contributed by atoms with Crippen molar-refractivity contribution in [2.45, 2.75) is 62.0 Å².